The molecule has 3 aromatic rings. The molecule has 0 aliphatic heterocycles. The standard InChI is InChI=1S/C18H16ClN3O2/c1-12-7-9-14(11-15(12)19)20-17(23)18-22-21-16(24-18)10-8-13-5-3-2-4-6-13/h2-7,9,11H,8,10H2,1H3,(H,20,23). The van der Waals surface area contributed by atoms with E-state index in [1.165, 1.54) is 5.56 Å². The van der Waals surface area contributed by atoms with Crippen LogP contribution in [0.1, 0.15) is 27.7 Å². The number of carbonyl (C=O) groups is 1. The summed E-state index contributed by atoms with van der Waals surface area (Å²) in [6.07, 6.45) is 1.36. The Kier molecular flexibility index (Phi) is 4.91. The van der Waals surface area contributed by atoms with Gasteiger partial charge in [0.2, 0.25) is 5.89 Å². The molecule has 0 aliphatic rings. The van der Waals surface area contributed by atoms with Crippen molar-refractivity contribution in [2.24, 2.45) is 0 Å². The molecule has 0 fully saturated rings. The second kappa shape index (κ2) is 7.27. The molecule has 5 nitrogen and oxygen atoms in total. The van der Waals surface area contributed by atoms with Crippen molar-refractivity contribution in [3.63, 3.8) is 0 Å². The van der Waals surface area contributed by atoms with E-state index >= 15 is 0 Å². The van der Waals surface area contributed by atoms with Gasteiger partial charge in [-0.15, -0.1) is 10.2 Å². The molecule has 24 heavy (non-hydrogen) atoms. The Labute approximate surface area is 144 Å². The SMILES string of the molecule is Cc1ccc(NC(=O)c2nnc(CCc3ccccc3)o2)cc1Cl. The molecule has 0 unspecified atom stereocenters. The Bertz CT molecular complexity index is 846. The molecule has 0 spiro atoms. The summed E-state index contributed by atoms with van der Waals surface area (Å²) < 4.78 is 5.43. The Morgan fingerprint density at radius 2 is 1.92 bits per heavy atom. The number of anilines is 1. The largest absolute Gasteiger partial charge is 0.417 e. The van der Waals surface area contributed by atoms with Crippen molar-refractivity contribution in [2.75, 3.05) is 5.32 Å². The van der Waals surface area contributed by atoms with E-state index in [2.05, 4.69) is 15.5 Å². The minimum Gasteiger partial charge on any atom is -0.417 e. The van der Waals surface area contributed by atoms with E-state index in [0.29, 0.717) is 23.0 Å². The van der Waals surface area contributed by atoms with Crippen LogP contribution in [0.5, 0.6) is 0 Å². The quantitative estimate of drug-likeness (QED) is 0.759. The highest BCUT2D eigenvalue weighted by Crippen LogP contribution is 2.20. The van der Waals surface area contributed by atoms with E-state index in [-0.39, 0.29) is 5.89 Å². The van der Waals surface area contributed by atoms with E-state index in [1.807, 2.05) is 43.3 Å². The van der Waals surface area contributed by atoms with E-state index in [0.717, 1.165) is 12.0 Å². The maximum atomic E-state index is 12.1. The molecule has 3 rings (SSSR count). The van der Waals surface area contributed by atoms with Crippen molar-refractivity contribution in [3.05, 3.63) is 76.5 Å². The molecule has 1 aromatic heterocycles. The second-order valence-corrected chi connectivity index (χ2v) is 5.81. The third kappa shape index (κ3) is 4.00. The molecule has 0 saturated carbocycles. The Balaban J connectivity index is 1.62. The first-order valence-corrected chi connectivity index (χ1v) is 7.93. The van der Waals surface area contributed by atoms with Crippen LogP contribution in [0.15, 0.2) is 52.9 Å². The molecule has 0 aliphatic carbocycles. The summed E-state index contributed by atoms with van der Waals surface area (Å²) in [4.78, 5) is 12.1. The molecule has 1 heterocycles. The van der Waals surface area contributed by atoms with Gasteiger partial charge in [-0.1, -0.05) is 48.0 Å². The molecule has 0 bridgehead atoms. The first-order valence-electron chi connectivity index (χ1n) is 7.55. The fraction of sp³-hybridized carbons (Fsp3) is 0.167. The van der Waals surface area contributed by atoms with Crippen molar-refractivity contribution in [1.29, 1.82) is 0 Å². The van der Waals surface area contributed by atoms with Gasteiger partial charge in [-0.2, -0.15) is 0 Å². The van der Waals surface area contributed by atoms with Gasteiger partial charge < -0.3 is 9.73 Å². The normalized spacial score (nSPS) is 10.6. The summed E-state index contributed by atoms with van der Waals surface area (Å²) in [7, 11) is 0. The summed E-state index contributed by atoms with van der Waals surface area (Å²) in [5, 5.41) is 11.0. The Hall–Kier alpha value is -2.66. The zero-order valence-corrected chi connectivity index (χ0v) is 13.9. The van der Waals surface area contributed by atoms with Gasteiger partial charge in [0.25, 0.3) is 0 Å². The van der Waals surface area contributed by atoms with Crippen molar-refractivity contribution in [1.82, 2.24) is 10.2 Å². The topological polar surface area (TPSA) is 68.0 Å². The first kappa shape index (κ1) is 16.2. The summed E-state index contributed by atoms with van der Waals surface area (Å²) >= 11 is 6.04. The van der Waals surface area contributed by atoms with Crippen LogP contribution in [0.2, 0.25) is 5.02 Å². The van der Waals surface area contributed by atoms with Crippen LogP contribution < -0.4 is 5.32 Å². The van der Waals surface area contributed by atoms with E-state index in [4.69, 9.17) is 16.0 Å². The number of aromatic nitrogens is 2. The second-order valence-electron chi connectivity index (χ2n) is 5.40. The number of rotatable bonds is 5. The average molecular weight is 342 g/mol. The zero-order valence-electron chi connectivity index (χ0n) is 13.1. The number of hydrogen-bond donors (Lipinski definition) is 1. The lowest BCUT2D eigenvalue weighted by Crippen LogP contribution is -2.12. The molecular formula is C18H16ClN3O2. The van der Waals surface area contributed by atoms with Crippen LogP contribution >= 0.6 is 11.6 Å². The maximum Gasteiger partial charge on any atom is 0.313 e. The number of aryl methyl sites for hydroxylation is 3. The van der Waals surface area contributed by atoms with Crippen molar-refractivity contribution in [2.45, 2.75) is 19.8 Å². The molecule has 2 aromatic carbocycles. The molecule has 0 radical (unpaired) electrons. The fourth-order valence-corrected chi connectivity index (χ4v) is 2.38. The van der Waals surface area contributed by atoms with Crippen molar-refractivity contribution >= 4 is 23.2 Å². The van der Waals surface area contributed by atoms with Gasteiger partial charge in [0.1, 0.15) is 0 Å². The van der Waals surface area contributed by atoms with Gasteiger partial charge in [-0.3, -0.25) is 4.79 Å². The van der Waals surface area contributed by atoms with Crippen LogP contribution in [-0.2, 0) is 12.8 Å². The zero-order chi connectivity index (χ0) is 16.9. The first-order chi connectivity index (χ1) is 11.6. The lowest BCUT2D eigenvalue weighted by atomic mass is 10.1. The minimum atomic E-state index is -0.451. The lowest BCUT2D eigenvalue weighted by molar-refractivity contribution is 0.0988. The highest BCUT2D eigenvalue weighted by Gasteiger charge is 2.15. The fourth-order valence-electron chi connectivity index (χ4n) is 2.20. The van der Waals surface area contributed by atoms with Crippen LogP contribution in [0.25, 0.3) is 0 Å². The summed E-state index contributed by atoms with van der Waals surface area (Å²) in [5.74, 6) is -0.0749. The number of carbonyl (C=O) groups excluding carboxylic acids is 1. The summed E-state index contributed by atoms with van der Waals surface area (Å²) in [5.41, 5.74) is 2.70. The van der Waals surface area contributed by atoms with E-state index in [1.54, 1.807) is 12.1 Å². The monoisotopic (exact) mass is 341 g/mol. The molecular weight excluding hydrogens is 326 g/mol. The van der Waals surface area contributed by atoms with Crippen LogP contribution in [-0.4, -0.2) is 16.1 Å². The lowest BCUT2D eigenvalue weighted by Gasteiger charge is -2.04. The van der Waals surface area contributed by atoms with Gasteiger partial charge in [0, 0.05) is 17.1 Å². The third-order valence-electron chi connectivity index (χ3n) is 3.56. The molecule has 0 atom stereocenters. The maximum absolute atomic E-state index is 12.1. The number of hydrogen-bond acceptors (Lipinski definition) is 4. The predicted octanol–water partition coefficient (Wildman–Crippen LogP) is 4.07. The van der Waals surface area contributed by atoms with Crippen molar-refractivity contribution < 1.29 is 9.21 Å². The van der Waals surface area contributed by atoms with Gasteiger partial charge in [0.15, 0.2) is 0 Å². The van der Waals surface area contributed by atoms with Gasteiger partial charge in [-0.25, -0.2) is 0 Å². The highest BCUT2D eigenvalue weighted by molar-refractivity contribution is 6.31. The number of amides is 1. The van der Waals surface area contributed by atoms with Crippen molar-refractivity contribution in [3.8, 4) is 0 Å². The average Bonchev–Trinajstić information content (AvgIpc) is 3.06. The number of nitrogens with zero attached hydrogens (tertiary/aromatic N) is 2. The highest BCUT2D eigenvalue weighted by atomic mass is 35.5. The van der Waals surface area contributed by atoms with Gasteiger partial charge >= 0.3 is 11.8 Å². The number of benzene rings is 2. The van der Waals surface area contributed by atoms with Gasteiger partial charge in [0.05, 0.1) is 0 Å². The third-order valence-corrected chi connectivity index (χ3v) is 3.97. The van der Waals surface area contributed by atoms with Crippen LogP contribution in [0.3, 0.4) is 0 Å². The summed E-state index contributed by atoms with van der Waals surface area (Å²) in [6.45, 7) is 1.89. The van der Waals surface area contributed by atoms with Crippen LogP contribution in [0.4, 0.5) is 5.69 Å². The number of halogens is 1. The van der Waals surface area contributed by atoms with Gasteiger partial charge in [-0.05, 0) is 36.6 Å². The Morgan fingerprint density at radius 3 is 2.67 bits per heavy atom. The van der Waals surface area contributed by atoms with E-state index < -0.39 is 5.91 Å². The smallest absolute Gasteiger partial charge is 0.313 e. The summed E-state index contributed by atoms with van der Waals surface area (Å²) in [6, 6.07) is 15.3. The molecule has 122 valence electrons. The number of nitrogens with one attached hydrogen (secondary N) is 1. The van der Waals surface area contributed by atoms with Crippen LogP contribution in [0, 0.1) is 6.92 Å². The predicted molar refractivity (Wildman–Crippen MR) is 92.3 cm³/mol. The molecule has 1 amide bonds. The Morgan fingerprint density at radius 1 is 1.12 bits per heavy atom. The molecule has 0 saturated heterocycles. The minimum absolute atomic E-state index is 0.0604. The molecule has 6 heteroatoms. The van der Waals surface area contributed by atoms with E-state index in [9.17, 15) is 4.79 Å². The molecule has 1 N–H and O–H groups in total.